The topological polar surface area (TPSA) is 17.1 Å². The summed E-state index contributed by atoms with van der Waals surface area (Å²) in [6, 6.07) is 0. The molecule has 0 rings (SSSR count). The van der Waals surface area contributed by atoms with Gasteiger partial charge in [0.1, 0.15) is 6.29 Å². The molecule has 0 aromatic carbocycles. The molecular formula is C6H14OP2. The Kier molecular flexibility index (Phi) is 4.62. The van der Waals surface area contributed by atoms with Gasteiger partial charge in [-0.2, -0.15) is 0 Å². The van der Waals surface area contributed by atoms with Gasteiger partial charge in [-0.05, 0) is 26.7 Å². The van der Waals surface area contributed by atoms with E-state index in [1.165, 1.54) is 0 Å². The van der Waals surface area contributed by atoms with Crippen molar-refractivity contribution in [2.45, 2.75) is 5.40 Å². The molecule has 9 heavy (non-hydrogen) atoms. The molecule has 0 aliphatic heterocycles. The summed E-state index contributed by atoms with van der Waals surface area (Å²) in [5.41, 5.74) is 0. The molecule has 1 nitrogen and oxygen atoms in total. The molecule has 0 saturated carbocycles. The van der Waals surface area contributed by atoms with Crippen molar-refractivity contribution in [2.24, 2.45) is 0 Å². The molecule has 0 heterocycles. The predicted octanol–water partition coefficient (Wildman–Crippen LogP) is 1.99. The van der Waals surface area contributed by atoms with Gasteiger partial charge in [0.05, 0.1) is 5.40 Å². The zero-order chi connectivity index (χ0) is 7.44. The molecular weight excluding hydrogens is 150 g/mol. The molecule has 3 heteroatoms. The van der Waals surface area contributed by atoms with E-state index in [-0.39, 0.29) is 15.8 Å². The number of carbonyl (C=O) groups is 1. The van der Waals surface area contributed by atoms with Gasteiger partial charge in [0, 0.05) is 0 Å². The highest BCUT2D eigenvalue weighted by Crippen LogP contribution is 2.48. The minimum atomic E-state index is -0.0427. The maximum absolute atomic E-state index is 10.4. The summed E-state index contributed by atoms with van der Waals surface area (Å²) < 4.78 is 0. The third-order valence-electron chi connectivity index (χ3n) is 1.18. The Bertz CT molecular complexity index is 83.1. The van der Waals surface area contributed by atoms with Gasteiger partial charge >= 0.3 is 0 Å². The normalized spacial score (nSPS) is 11.4. The first kappa shape index (κ1) is 9.53. The van der Waals surface area contributed by atoms with Crippen LogP contribution in [0.5, 0.6) is 0 Å². The quantitative estimate of drug-likeness (QED) is 0.460. The van der Waals surface area contributed by atoms with Gasteiger partial charge in [-0.3, -0.25) is 0 Å². The van der Waals surface area contributed by atoms with Crippen LogP contribution in [0.25, 0.3) is 0 Å². The molecule has 0 N–H and O–H groups in total. The third-order valence-corrected chi connectivity index (χ3v) is 6.31. The molecule has 0 aromatic rings. The van der Waals surface area contributed by atoms with Gasteiger partial charge in [-0.15, -0.1) is 0 Å². The van der Waals surface area contributed by atoms with Crippen molar-refractivity contribution < 1.29 is 4.79 Å². The van der Waals surface area contributed by atoms with Crippen molar-refractivity contribution in [3.8, 4) is 0 Å². The summed E-state index contributed by atoms with van der Waals surface area (Å²) in [6.07, 6.45) is 1.12. The van der Waals surface area contributed by atoms with Crippen LogP contribution in [0, 0.1) is 0 Å². The van der Waals surface area contributed by atoms with E-state index in [4.69, 9.17) is 0 Å². The van der Waals surface area contributed by atoms with E-state index in [9.17, 15) is 4.79 Å². The first-order valence-corrected chi connectivity index (χ1v) is 7.48. The molecule has 0 aromatic heterocycles. The lowest BCUT2D eigenvalue weighted by molar-refractivity contribution is -0.106. The fraction of sp³-hybridized carbons (Fsp3) is 0.833. The summed E-state index contributed by atoms with van der Waals surface area (Å²) in [4.78, 5) is 10.4. The van der Waals surface area contributed by atoms with E-state index in [0.717, 1.165) is 6.29 Å². The second-order valence-corrected chi connectivity index (χ2v) is 7.85. The largest absolute Gasteiger partial charge is 0.302 e. The zero-order valence-corrected chi connectivity index (χ0v) is 8.25. The average molecular weight is 164 g/mol. The van der Waals surface area contributed by atoms with E-state index in [1.54, 1.807) is 0 Å². The third kappa shape index (κ3) is 3.28. The molecule has 0 saturated heterocycles. The monoisotopic (exact) mass is 164 g/mol. The molecule has 54 valence electrons. The Morgan fingerprint density at radius 1 is 1.11 bits per heavy atom. The summed E-state index contributed by atoms with van der Waals surface area (Å²) in [6.45, 7) is 8.65. The Balaban J connectivity index is 3.82. The number of hydrogen-bond acceptors (Lipinski definition) is 1. The number of rotatable bonds is 3. The highest BCUT2D eigenvalue weighted by Gasteiger charge is 2.14. The summed E-state index contributed by atoms with van der Waals surface area (Å²) in [5.74, 6) is 0. The van der Waals surface area contributed by atoms with Crippen molar-refractivity contribution in [3.63, 3.8) is 0 Å². The first-order valence-electron chi connectivity index (χ1n) is 2.87. The second-order valence-electron chi connectivity index (χ2n) is 2.48. The maximum atomic E-state index is 10.4. The Morgan fingerprint density at radius 3 is 1.44 bits per heavy atom. The van der Waals surface area contributed by atoms with Crippen LogP contribution in [0.3, 0.4) is 0 Å². The van der Waals surface area contributed by atoms with E-state index in [1.807, 2.05) is 0 Å². The van der Waals surface area contributed by atoms with Gasteiger partial charge in [0.2, 0.25) is 0 Å². The molecule has 0 radical (unpaired) electrons. The van der Waals surface area contributed by atoms with E-state index < -0.39 is 0 Å². The molecule has 0 fully saturated rings. The van der Waals surface area contributed by atoms with Crippen LogP contribution in [-0.4, -0.2) is 38.3 Å². The zero-order valence-electron chi connectivity index (χ0n) is 6.46. The number of hydrogen-bond donors (Lipinski definition) is 0. The molecule has 0 aliphatic rings. The maximum Gasteiger partial charge on any atom is 0.131 e. The average Bonchev–Trinajstić information content (AvgIpc) is 1.64. The molecule has 0 amide bonds. The lowest BCUT2D eigenvalue weighted by Crippen LogP contribution is -2.01. The van der Waals surface area contributed by atoms with Crippen molar-refractivity contribution in [2.75, 3.05) is 26.7 Å². The highest BCUT2D eigenvalue weighted by atomic mass is 31.2. The van der Waals surface area contributed by atoms with E-state index in [2.05, 4.69) is 26.7 Å². The molecule has 0 spiro atoms. The summed E-state index contributed by atoms with van der Waals surface area (Å²) in [7, 11) is -0.0854. The van der Waals surface area contributed by atoms with Gasteiger partial charge in [0.15, 0.2) is 0 Å². The number of aldehydes is 1. The van der Waals surface area contributed by atoms with Crippen molar-refractivity contribution in [1.82, 2.24) is 0 Å². The second kappa shape index (κ2) is 4.36. The fourth-order valence-corrected chi connectivity index (χ4v) is 4.89. The molecule has 0 unspecified atom stereocenters. The molecule has 0 atom stereocenters. The van der Waals surface area contributed by atoms with Crippen LogP contribution in [0.1, 0.15) is 0 Å². The van der Waals surface area contributed by atoms with Crippen LogP contribution >= 0.6 is 15.8 Å². The van der Waals surface area contributed by atoms with Crippen molar-refractivity contribution in [3.05, 3.63) is 0 Å². The predicted molar refractivity (Wildman–Crippen MR) is 47.4 cm³/mol. The van der Waals surface area contributed by atoms with Crippen LogP contribution in [-0.2, 0) is 4.79 Å². The SMILES string of the molecule is CP(C)C(C=O)P(C)C. The van der Waals surface area contributed by atoms with Crippen LogP contribution in [0.4, 0.5) is 0 Å². The smallest absolute Gasteiger partial charge is 0.131 e. The molecule has 0 bridgehead atoms. The Labute approximate surface area is 59.7 Å². The highest BCUT2D eigenvalue weighted by molar-refractivity contribution is 7.75. The first-order chi connectivity index (χ1) is 4.09. The van der Waals surface area contributed by atoms with Crippen molar-refractivity contribution >= 4 is 22.1 Å². The standard InChI is InChI=1S/C6H14OP2/c1-8(2)6(5-7)9(3)4/h5-6H,1-4H3. The van der Waals surface area contributed by atoms with E-state index in [0.29, 0.717) is 5.40 Å². The summed E-state index contributed by atoms with van der Waals surface area (Å²) in [5, 5.41) is 0.370. The van der Waals surface area contributed by atoms with Crippen molar-refractivity contribution in [1.29, 1.82) is 0 Å². The minimum Gasteiger partial charge on any atom is -0.302 e. The summed E-state index contributed by atoms with van der Waals surface area (Å²) >= 11 is 0. The minimum absolute atomic E-state index is 0.0427. The van der Waals surface area contributed by atoms with Crippen LogP contribution in [0.2, 0.25) is 0 Å². The van der Waals surface area contributed by atoms with Gasteiger partial charge < -0.3 is 4.79 Å². The van der Waals surface area contributed by atoms with Crippen LogP contribution < -0.4 is 0 Å². The molecule has 0 aliphatic carbocycles. The Morgan fingerprint density at radius 2 is 1.44 bits per heavy atom. The van der Waals surface area contributed by atoms with Gasteiger partial charge in [0.25, 0.3) is 0 Å². The number of carbonyl (C=O) groups excluding carboxylic acids is 1. The van der Waals surface area contributed by atoms with Gasteiger partial charge in [-0.25, -0.2) is 0 Å². The van der Waals surface area contributed by atoms with Crippen LogP contribution in [0.15, 0.2) is 0 Å². The van der Waals surface area contributed by atoms with Gasteiger partial charge in [-0.1, -0.05) is 15.8 Å². The lowest BCUT2D eigenvalue weighted by Gasteiger charge is -2.18. The lowest BCUT2D eigenvalue weighted by atomic mass is 10.9. The Hall–Kier alpha value is 0.530. The van der Waals surface area contributed by atoms with E-state index >= 15 is 0 Å². The fourth-order valence-electron chi connectivity index (χ4n) is 0.705.